The maximum Gasteiger partial charge on any atom is 0.261 e. The van der Waals surface area contributed by atoms with E-state index in [9.17, 15) is 4.79 Å². The van der Waals surface area contributed by atoms with E-state index in [4.69, 9.17) is 0 Å². The quantitative estimate of drug-likeness (QED) is 0.877. The minimum Gasteiger partial charge on any atom is -0.381 e. The maximum atomic E-state index is 13.3. The van der Waals surface area contributed by atoms with Crippen molar-refractivity contribution in [2.45, 2.75) is 26.3 Å². The Balaban J connectivity index is 1.78. The highest BCUT2D eigenvalue weighted by Crippen LogP contribution is 2.43. The summed E-state index contributed by atoms with van der Waals surface area (Å²) in [6.45, 7) is 4.04. The number of hydrogen-bond donors (Lipinski definition) is 1. The van der Waals surface area contributed by atoms with Gasteiger partial charge in [0, 0.05) is 11.7 Å². The fourth-order valence-electron chi connectivity index (χ4n) is 3.70. The maximum absolute atomic E-state index is 13.3. The summed E-state index contributed by atoms with van der Waals surface area (Å²) in [7, 11) is 0. The van der Waals surface area contributed by atoms with Gasteiger partial charge in [0.25, 0.3) is 5.91 Å². The first-order valence-corrected chi connectivity index (χ1v) is 7.92. The van der Waals surface area contributed by atoms with Gasteiger partial charge >= 0.3 is 0 Å². The largest absolute Gasteiger partial charge is 0.381 e. The Morgan fingerprint density at radius 2 is 1.83 bits per heavy atom. The van der Waals surface area contributed by atoms with Gasteiger partial charge in [0.15, 0.2) is 0 Å². The monoisotopic (exact) mass is 305 g/mol. The van der Waals surface area contributed by atoms with Crippen molar-refractivity contribution < 1.29 is 4.79 Å². The second-order valence-corrected chi connectivity index (χ2v) is 6.31. The number of nitrogens with zero attached hydrogens (tertiary/aromatic N) is 2. The lowest BCUT2D eigenvalue weighted by molar-refractivity contribution is -0.124. The summed E-state index contributed by atoms with van der Waals surface area (Å²) >= 11 is 0. The molecule has 2 heterocycles. The van der Waals surface area contributed by atoms with E-state index >= 15 is 0 Å². The van der Waals surface area contributed by atoms with Crippen molar-refractivity contribution in [2.24, 2.45) is 10.5 Å². The first-order chi connectivity index (χ1) is 11.1. The molecular weight excluding hydrogens is 286 g/mol. The zero-order valence-electron chi connectivity index (χ0n) is 13.3. The van der Waals surface area contributed by atoms with Crippen molar-refractivity contribution in [1.29, 1.82) is 0 Å². The number of benzene rings is 2. The van der Waals surface area contributed by atoms with Crippen molar-refractivity contribution >= 4 is 23.0 Å². The zero-order chi connectivity index (χ0) is 16.0. The molecule has 4 nitrogen and oxygen atoms in total. The average molecular weight is 305 g/mol. The van der Waals surface area contributed by atoms with Gasteiger partial charge in [0.1, 0.15) is 5.41 Å². The minimum absolute atomic E-state index is 0.00219. The predicted molar refractivity (Wildman–Crippen MR) is 92.7 cm³/mol. The third kappa shape index (κ3) is 1.91. The predicted octanol–water partition coefficient (Wildman–Crippen LogP) is 3.45. The van der Waals surface area contributed by atoms with Gasteiger partial charge in [-0.05, 0) is 44.0 Å². The Morgan fingerprint density at radius 3 is 2.61 bits per heavy atom. The first-order valence-electron chi connectivity index (χ1n) is 7.92. The van der Waals surface area contributed by atoms with Crippen LogP contribution in [0.25, 0.3) is 0 Å². The van der Waals surface area contributed by atoms with Crippen LogP contribution in [0.15, 0.2) is 59.7 Å². The van der Waals surface area contributed by atoms with E-state index in [1.54, 1.807) is 5.01 Å². The molecular formula is C19H19N3O. The minimum atomic E-state index is -0.607. The topological polar surface area (TPSA) is 44.7 Å². The zero-order valence-corrected chi connectivity index (χ0v) is 13.3. The second-order valence-electron chi connectivity index (χ2n) is 6.31. The summed E-state index contributed by atoms with van der Waals surface area (Å²) in [6, 6.07) is 17.8. The van der Waals surface area contributed by atoms with Gasteiger partial charge in [0.05, 0.1) is 11.4 Å². The number of rotatable bonds is 1. The summed E-state index contributed by atoms with van der Waals surface area (Å²) in [5.74, 6) is 0.0516. The molecule has 0 bridgehead atoms. The molecule has 2 aromatic rings. The summed E-state index contributed by atoms with van der Waals surface area (Å²) < 4.78 is 0. The van der Waals surface area contributed by atoms with Gasteiger partial charge in [-0.3, -0.25) is 4.79 Å². The van der Waals surface area contributed by atoms with E-state index in [2.05, 4.69) is 29.5 Å². The lowest BCUT2D eigenvalue weighted by Crippen LogP contribution is -2.53. The van der Waals surface area contributed by atoms with Crippen molar-refractivity contribution in [3.8, 4) is 0 Å². The van der Waals surface area contributed by atoms with Crippen LogP contribution in [0.5, 0.6) is 0 Å². The Bertz CT molecular complexity index is 799. The van der Waals surface area contributed by atoms with Crippen molar-refractivity contribution in [1.82, 2.24) is 0 Å². The van der Waals surface area contributed by atoms with Gasteiger partial charge < -0.3 is 5.32 Å². The fourth-order valence-corrected chi connectivity index (χ4v) is 3.70. The highest BCUT2D eigenvalue weighted by Gasteiger charge is 2.55. The van der Waals surface area contributed by atoms with E-state index in [1.807, 2.05) is 49.4 Å². The SMILES string of the molecule is CC1=NN(c2ccccc2)C(=O)C12Cc1ccccc1NC2C. The Hall–Kier alpha value is -2.62. The molecule has 0 fully saturated rings. The molecule has 0 radical (unpaired) electrons. The molecule has 0 saturated carbocycles. The van der Waals surface area contributed by atoms with Crippen molar-refractivity contribution in [3.05, 3.63) is 60.2 Å². The standard InChI is InChI=1S/C19H19N3O/c1-13-19(12-15-8-6-7-11-17(15)20-13)14(2)21-22(18(19)23)16-9-4-3-5-10-16/h3-11,13,20H,12H2,1-2H3. The number of hydrogen-bond acceptors (Lipinski definition) is 3. The molecule has 0 aromatic heterocycles. The van der Waals surface area contributed by atoms with Gasteiger partial charge in [0.2, 0.25) is 0 Å². The molecule has 2 aromatic carbocycles. The molecule has 0 saturated heterocycles. The lowest BCUT2D eigenvalue weighted by atomic mass is 9.69. The molecule has 2 aliphatic rings. The molecule has 23 heavy (non-hydrogen) atoms. The Kier molecular flexibility index (Phi) is 3.01. The van der Waals surface area contributed by atoms with Crippen LogP contribution in [0.4, 0.5) is 11.4 Å². The highest BCUT2D eigenvalue weighted by molar-refractivity contribution is 6.19. The van der Waals surface area contributed by atoms with Crippen LogP contribution in [0, 0.1) is 5.41 Å². The van der Waals surface area contributed by atoms with Gasteiger partial charge in [-0.2, -0.15) is 10.1 Å². The molecule has 1 spiro atoms. The number of amides is 1. The van der Waals surface area contributed by atoms with E-state index < -0.39 is 5.41 Å². The summed E-state index contributed by atoms with van der Waals surface area (Å²) in [5.41, 5.74) is 3.37. The first kappa shape index (κ1) is 14.0. The number of para-hydroxylation sites is 2. The molecule has 4 heteroatoms. The highest BCUT2D eigenvalue weighted by atomic mass is 16.2. The third-order valence-corrected chi connectivity index (χ3v) is 5.07. The van der Waals surface area contributed by atoms with E-state index in [0.717, 1.165) is 17.1 Å². The fraction of sp³-hybridized carbons (Fsp3) is 0.263. The summed E-state index contributed by atoms with van der Waals surface area (Å²) in [5, 5.41) is 9.65. The van der Waals surface area contributed by atoms with Gasteiger partial charge in [-0.25, -0.2) is 0 Å². The van der Waals surface area contributed by atoms with Crippen molar-refractivity contribution in [3.63, 3.8) is 0 Å². The van der Waals surface area contributed by atoms with Crippen LogP contribution >= 0.6 is 0 Å². The van der Waals surface area contributed by atoms with Crippen LogP contribution in [0.3, 0.4) is 0 Å². The van der Waals surface area contributed by atoms with Crippen LogP contribution in [-0.4, -0.2) is 17.7 Å². The molecule has 2 atom stereocenters. The van der Waals surface area contributed by atoms with E-state index in [0.29, 0.717) is 6.42 Å². The van der Waals surface area contributed by atoms with Crippen LogP contribution in [0.2, 0.25) is 0 Å². The number of carbonyl (C=O) groups is 1. The number of hydrazone groups is 1. The number of nitrogens with one attached hydrogen (secondary N) is 1. The average Bonchev–Trinajstić information content (AvgIpc) is 2.82. The molecule has 116 valence electrons. The molecule has 0 aliphatic carbocycles. The van der Waals surface area contributed by atoms with Crippen LogP contribution in [0.1, 0.15) is 19.4 Å². The Labute approximate surface area is 135 Å². The number of anilines is 2. The van der Waals surface area contributed by atoms with Gasteiger partial charge in [-0.1, -0.05) is 36.4 Å². The molecule has 2 aliphatic heterocycles. The summed E-state index contributed by atoms with van der Waals surface area (Å²) in [6.07, 6.45) is 0.689. The second kappa shape index (κ2) is 4.95. The number of carbonyl (C=O) groups excluding carboxylic acids is 1. The molecule has 1 N–H and O–H groups in total. The third-order valence-electron chi connectivity index (χ3n) is 5.07. The van der Waals surface area contributed by atoms with E-state index in [-0.39, 0.29) is 11.9 Å². The lowest BCUT2D eigenvalue weighted by Gasteiger charge is -2.40. The Morgan fingerprint density at radius 1 is 1.13 bits per heavy atom. The van der Waals surface area contributed by atoms with Crippen LogP contribution < -0.4 is 10.3 Å². The smallest absolute Gasteiger partial charge is 0.261 e. The van der Waals surface area contributed by atoms with Crippen molar-refractivity contribution in [2.75, 3.05) is 10.3 Å². The molecule has 4 rings (SSSR count). The van der Waals surface area contributed by atoms with E-state index in [1.165, 1.54) is 5.56 Å². The summed E-state index contributed by atoms with van der Waals surface area (Å²) in [4.78, 5) is 13.3. The normalized spacial score (nSPS) is 26.0. The van der Waals surface area contributed by atoms with Gasteiger partial charge in [-0.15, -0.1) is 0 Å². The molecule has 1 amide bonds. The molecule has 2 unspecified atom stereocenters. The number of fused-ring (bicyclic) bond motifs is 1. The van der Waals surface area contributed by atoms with Crippen LogP contribution in [-0.2, 0) is 11.2 Å².